The number of allylic oxidation sites excluding steroid dienone is 1. The lowest BCUT2D eigenvalue weighted by atomic mass is 10.0. The van der Waals surface area contributed by atoms with Crippen molar-refractivity contribution in [2.75, 3.05) is 13.2 Å². The van der Waals surface area contributed by atoms with Crippen molar-refractivity contribution in [1.82, 2.24) is 10.6 Å². The molecule has 1 aromatic heterocycles. The van der Waals surface area contributed by atoms with Crippen molar-refractivity contribution in [3.05, 3.63) is 69.6 Å². The minimum absolute atomic E-state index is 0.322. The van der Waals surface area contributed by atoms with Gasteiger partial charge in [-0.25, -0.2) is 4.79 Å². The van der Waals surface area contributed by atoms with Gasteiger partial charge in [0.25, 0.3) is 0 Å². The zero-order chi connectivity index (χ0) is 19.1. The van der Waals surface area contributed by atoms with Crippen molar-refractivity contribution < 1.29 is 14.3 Å². The number of benzene rings is 1. The molecule has 0 saturated heterocycles. The van der Waals surface area contributed by atoms with Gasteiger partial charge in [-0.2, -0.15) is 11.3 Å². The summed E-state index contributed by atoms with van der Waals surface area (Å²) in [6.45, 7) is 2.96. The molecule has 1 atom stereocenters. The van der Waals surface area contributed by atoms with Crippen molar-refractivity contribution in [1.29, 1.82) is 0 Å². The average Bonchev–Trinajstić information content (AvgIpc) is 3.15. The zero-order valence-electron chi connectivity index (χ0n) is 15.1. The summed E-state index contributed by atoms with van der Waals surface area (Å²) < 4.78 is 11.3. The van der Waals surface area contributed by atoms with E-state index in [1.54, 1.807) is 11.3 Å². The molecule has 7 heteroatoms. The number of thiocarbonyl (C=S) groups is 1. The second kappa shape index (κ2) is 9.64. The molecule has 142 valence electrons. The largest absolute Gasteiger partial charge is 0.462 e. The van der Waals surface area contributed by atoms with Gasteiger partial charge in [0.15, 0.2) is 5.11 Å². The van der Waals surface area contributed by atoms with Gasteiger partial charge in [0.05, 0.1) is 31.4 Å². The van der Waals surface area contributed by atoms with Gasteiger partial charge in [-0.1, -0.05) is 30.3 Å². The molecular formula is C20H22N2O3S2. The molecule has 2 N–H and O–H groups in total. The Balaban J connectivity index is 1.57. The zero-order valence-corrected chi connectivity index (χ0v) is 16.7. The summed E-state index contributed by atoms with van der Waals surface area (Å²) in [5, 5.41) is 10.7. The second-order valence-corrected chi connectivity index (χ2v) is 7.40. The molecular weight excluding hydrogens is 380 g/mol. The number of hydrogen-bond acceptors (Lipinski definition) is 5. The van der Waals surface area contributed by atoms with E-state index >= 15 is 0 Å². The third-order valence-corrected chi connectivity index (χ3v) is 5.13. The molecule has 0 fully saturated rings. The van der Waals surface area contributed by atoms with E-state index in [1.807, 2.05) is 48.7 Å². The van der Waals surface area contributed by atoms with Gasteiger partial charge >= 0.3 is 5.97 Å². The quantitative estimate of drug-likeness (QED) is 0.522. The van der Waals surface area contributed by atoms with E-state index in [9.17, 15) is 4.79 Å². The molecule has 1 unspecified atom stereocenters. The molecule has 1 aromatic carbocycles. The third kappa shape index (κ3) is 5.63. The number of nitrogens with one attached hydrogen (secondary N) is 2. The third-order valence-electron chi connectivity index (χ3n) is 4.18. The highest BCUT2D eigenvalue weighted by Gasteiger charge is 2.29. The van der Waals surface area contributed by atoms with Crippen LogP contribution in [0.1, 0.15) is 18.1 Å². The first-order chi connectivity index (χ1) is 13.1. The number of esters is 1. The Bertz CT molecular complexity index is 804. The van der Waals surface area contributed by atoms with Crippen LogP contribution in [0.4, 0.5) is 0 Å². The molecule has 0 aliphatic carbocycles. The predicted molar refractivity (Wildman–Crippen MR) is 110 cm³/mol. The highest BCUT2D eigenvalue weighted by Crippen LogP contribution is 2.16. The van der Waals surface area contributed by atoms with Gasteiger partial charge < -0.3 is 20.1 Å². The number of carbonyl (C=O) groups is 1. The molecule has 0 amide bonds. The van der Waals surface area contributed by atoms with Gasteiger partial charge in [0.1, 0.15) is 0 Å². The fourth-order valence-electron chi connectivity index (χ4n) is 2.83. The lowest BCUT2D eigenvalue weighted by Crippen LogP contribution is -2.51. The maximum atomic E-state index is 12.6. The number of thiophene rings is 1. The fourth-order valence-corrected chi connectivity index (χ4v) is 3.83. The first-order valence-corrected chi connectivity index (χ1v) is 10.1. The average molecular weight is 403 g/mol. The van der Waals surface area contributed by atoms with Crippen LogP contribution in [0.25, 0.3) is 0 Å². The molecule has 27 heavy (non-hydrogen) atoms. The van der Waals surface area contributed by atoms with Crippen LogP contribution >= 0.6 is 23.6 Å². The Hall–Kier alpha value is -2.22. The molecule has 0 spiro atoms. The van der Waals surface area contributed by atoms with Crippen LogP contribution in [0, 0.1) is 0 Å². The van der Waals surface area contributed by atoms with Crippen molar-refractivity contribution in [2.45, 2.75) is 26.0 Å². The summed E-state index contributed by atoms with van der Waals surface area (Å²) >= 11 is 6.86. The summed E-state index contributed by atoms with van der Waals surface area (Å²) in [5.74, 6) is -0.349. The summed E-state index contributed by atoms with van der Waals surface area (Å²) in [6.07, 6.45) is 0.704. The van der Waals surface area contributed by atoms with Gasteiger partial charge in [0, 0.05) is 12.1 Å². The normalized spacial score (nSPS) is 16.6. The van der Waals surface area contributed by atoms with E-state index in [1.165, 1.54) is 5.56 Å². The molecule has 0 radical (unpaired) electrons. The standard InChI is InChI=1S/C20H22N2O3S2/c1-14-18(19(23)25-9-7-16-8-10-27-13-16)17(22-20(26)21-14)12-24-11-15-5-3-2-4-6-15/h2-6,8,10,13,17H,7,9,11-12H2,1H3,(H2,21,22,26). The van der Waals surface area contributed by atoms with Crippen molar-refractivity contribution >= 4 is 34.6 Å². The Morgan fingerprint density at radius 1 is 1.22 bits per heavy atom. The van der Waals surface area contributed by atoms with Crippen LogP contribution in [0.15, 0.2) is 58.4 Å². The van der Waals surface area contributed by atoms with Crippen LogP contribution < -0.4 is 10.6 Å². The lowest BCUT2D eigenvalue weighted by molar-refractivity contribution is -0.139. The molecule has 0 bridgehead atoms. The van der Waals surface area contributed by atoms with Gasteiger partial charge in [-0.15, -0.1) is 0 Å². The molecule has 0 saturated carbocycles. The van der Waals surface area contributed by atoms with Crippen LogP contribution in [-0.4, -0.2) is 30.3 Å². The molecule has 3 rings (SSSR count). The highest BCUT2D eigenvalue weighted by molar-refractivity contribution is 7.80. The molecule has 2 aromatic rings. The molecule has 1 aliphatic heterocycles. The van der Waals surface area contributed by atoms with E-state index in [0.717, 1.165) is 5.56 Å². The summed E-state index contributed by atoms with van der Waals surface area (Å²) in [7, 11) is 0. The van der Waals surface area contributed by atoms with E-state index in [4.69, 9.17) is 21.7 Å². The predicted octanol–water partition coefficient (Wildman–Crippen LogP) is 3.17. The van der Waals surface area contributed by atoms with E-state index in [0.29, 0.717) is 42.6 Å². The smallest absolute Gasteiger partial charge is 0.337 e. The first kappa shape index (κ1) is 19.5. The minimum atomic E-state index is -0.349. The Kier molecular flexibility index (Phi) is 6.98. The Morgan fingerprint density at radius 2 is 2.04 bits per heavy atom. The Morgan fingerprint density at radius 3 is 2.78 bits per heavy atom. The first-order valence-electron chi connectivity index (χ1n) is 8.71. The Labute approximate surface area is 168 Å². The van der Waals surface area contributed by atoms with Crippen LogP contribution in [0.2, 0.25) is 0 Å². The van der Waals surface area contributed by atoms with Gasteiger partial charge in [-0.05, 0) is 47.1 Å². The van der Waals surface area contributed by atoms with E-state index in [2.05, 4.69) is 16.0 Å². The van der Waals surface area contributed by atoms with Crippen molar-refractivity contribution in [3.8, 4) is 0 Å². The molecule has 2 heterocycles. The van der Waals surface area contributed by atoms with E-state index < -0.39 is 0 Å². The maximum Gasteiger partial charge on any atom is 0.337 e. The summed E-state index contributed by atoms with van der Waals surface area (Å²) in [4.78, 5) is 12.6. The van der Waals surface area contributed by atoms with Crippen molar-refractivity contribution in [3.63, 3.8) is 0 Å². The maximum absolute atomic E-state index is 12.6. The topological polar surface area (TPSA) is 59.6 Å². The number of carbonyl (C=O) groups excluding carboxylic acids is 1. The van der Waals surface area contributed by atoms with Crippen LogP contribution in [0.5, 0.6) is 0 Å². The summed E-state index contributed by atoms with van der Waals surface area (Å²) in [5.41, 5.74) is 3.48. The highest BCUT2D eigenvalue weighted by atomic mass is 32.1. The number of hydrogen-bond donors (Lipinski definition) is 2. The lowest BCUT2D eigenvalue weighted by Gasteiger charge is -2.29. The molecule has 1 aliphatic rings. The SMILES string of the molecule is CC1=C(C(=O)OCCc2ccsc2)C(COCc2ccccc2)NC(=S)N1. The van der Waals surface area contributed by atoms with Crippen LogP contribution in [0.3, 0.4) is 0 Å². The fraction of sp³-hybridized carbons (Fsp3) is 0.300. The van der Waals surface area contributed by atoms with Gasteiger partial charge in [0.2, 0.25) is 0 Å². The summed E-state index contributed by atoms with van der Waals surface area (Å²) in [6, 6.07) is 11.6. The number of rotatable bonds is 8. The number of ether oxygens (including phenoxy) is 2. The second-order valence-electron chi connectivity index (χ2n) is 6.21. The minimum Gasteiger partial charge on any atom is -0.462 e. The van der Waals surface area contributed by atoms with E-state index in [-0.39, 0.29) is 12.0 Å². The van der Waals surface area contributed by atoms with Gasteiger partial charge in [-0.3, -0.25) is 0 Å². The molecule has 5 nitrogen and oxygen atoms in total. The monoisotopic (exact) mass is 402 g/mol. The van der Waals surface area contributed by atoms with Crippen molar-refractivity contribution in [2.24, 2.45) is 0 Å². The van der Waals surface area contributed by atoms with Crippen LogP contribution in [-0.2, 0) is 27.3 Å².